The molecular weight excluding hydrogens is 240 g/mol. The third-order valence-electron chi connectivity index (χ3n) is 2.88. The molecule has 0 fully saturated rings. The fourth-order valence-corrected chi connectivity index (χ4v) is 1.98. The van der Waals surface area contributed by atoms with Crippen LogP contribution in [0.1, 0.15) is 18.3 Å². The molecule has 3 heterocycles. The Labute approximate surface area is 111 Å². The molecule has 19 heavy (non-hydrogen) atoms. The van der Waals surface area contributed by atoms with Gasteiger partial charge in [0.1, 0.15) is 5.65 Å². The number of hydrogen-bond acceptors (Lipinski definition) is 4. The fourth-order valence-electron chi connectivity index (χ4n) is 1.98. The first-order valence-corrected chi connectivity index (χ1v) is 6.37. The summed E-state index contributed by atoms with van der Waals surface area (Å²) in [6, 6.07) is 5.96. The van der Waals surface area contributed by atoms with Gasteiger partial charge in [0.25, 0.3) is 0 Å². The normalized spacial score (nSPS) is 11.2. The monoisotopic (exact) mass is 256 g/mol. The molecule has 6 heteroatoms. The van der Waals surface area contributed by atoms with Crippen LogP contribution in [0.5, 0.6) is 0 Å². The van der Waals surface area contributed by atoms with Crippen molar-refractivity contribution in [1.82, 2.24) is 29.7 Å². The Hall–Kier alpha value is -2.21. The maximum absolute atomic E-state index is 4.54. The van der Waals surface area contributed by atoms with Crippen LogP contribution in [0.25, 0.3) is 5.65 Å². The lowest BCUT2D eigenvalue weighted by atomic mass is 10.4. The fraction of sp³-hybridized carbons (Fsp3) is 0.308. The number of rotatable bonds is 5. The molecule has 0 spiro atoms. The zero-order chi connectivity index (χ0) is 13.1. The topological polar surface area (TPSA) is 60.0 Å². The van der Waals surface area contributed by atoms with Gasteiger partial charge >= 0.3 is 0 Å². The Kier molecular flexibility index (Phi) is 3.24. The van der Waals surface area contributed by atoms with E-state index in [9.17, 15) is 0 Å². The molecule has 0 saturated heterocycles. The lowest BCUT2D eigenvalue weighted by molar-refractivity contribution is 0.639. The molecule has 98 valence electrons. The maximum Gasteiger partial charge on any atom is 0.137 e. The van der Waals surface area contributed by atoms with Gasteiger partial charge in [-0.3, -0.25) is 0 Å². The Morgan fingerprint density at radius 3 is 3.00 bits per heavy atom. The van der Waals surface area contributed by atoms with E-state index < -0.39 is 0 Å². The number of pyridine rings is 1. The van der Waals surface area contributed by atoms with Crippen LogP contribution in [-0.4, -0.2) is 30.9 Å². The molecule has 1 N–H and O–H groups in total. The number of aromatic nitrogens is 5. The molecule has 0 aromatic carbocycles. The Balaban J connectivity index is 1.75. The van der Waals surface area contributed by atoms with E-state index >= 15 is 0 Å². The minimum Gasteiger partial charge on any atom is -0.311 e. The second-order valence-electron chi connectivity index (χ2n) is 4.39. The lowest BCUT2D eigenvalue weighted by Gasteiger charge is -1.95. The molecule has 3 aromatic heterocycles. The molecule has 3 aromatic rings. The van der Waals surface area contributed by atoms with Crippen molar-refractivity contribution < 1.29 is 0 Å². The van der Waals surface area contributed by atoms with E-state index in [4.69, 9.17) is 0 Å². The van der Waals surface area contributed by atoms with E-state index in [-0.39, 0.29) is 0 Å². The maximum atomic E-state index is 4.54. The first-order chi connectivity index (χ1) is 9.35. The van der Waals surface area contributed by atoms with Crippen LogP contribution < -0.4 is 5.32 Å². The first kappa shape index (κ1) is 11.9. The second kappa shape index (κ2) is 5.19. The Morgan fingerprint density at radius 1 is 1.21 bits per heavy atom. The highest BCUT2D eigenvalue weighted by Gasteiger charge is 2.04. The molecule has 0 radical (unpaired) electrons. The smallest absolute Gasteiger partial charge is 0.137 e. The highest BCUT2D eigenvalue weighted by molar-refractivity contribution is 5.39. The van der Waals surface area contributed by atoms with Crippen LogP contribution in [-0.2, 0) is 13.1 Å². The molecule has 0 unspecified atom stereocenters. The van der Waals surface area contributed by atoms with E-state index in [1.54, 1.807) is 0 Å². The molecule has 0 aliphatic carbocycles. The van der Waals surface area contributed by atoms with Crippen molar-refractivity contribution in [3.63, 3.8) is 0 Å². The van der Waals surface area contributed by atoms with E-state index in [1.165, 1.54) is 0 Å². The van der Waals surface area contributed by atoms with Crippen LogP contribution in [0.2, 0.25) is 0 Å². The molecular formula is C13H16N6. The van der Waals surface area contributed by atoms with Crippen molar-refractivity contribution in [3.8, 4) is 0 Å². The predicted molar refractivity (Wildman–Crippen MR) is 71.7 cm³/mol. The van der Waals surface area contributed by atoms with Crippen molar-refractivity contribution in [2.24, 2.45) is 0 Å². The van der Waals surface area contributed by atoms with E-state index in [2.05, 4.69) is 27.5 Å². The van der Waals surface area contributed by atoms with Gasteiger partial charge in [0.2, 0.25) is 0 Å². The second-order valence-corrected chi connectivity index (χ2v) is 4.39. The highest BCUT2D eigenvalue weighted by atomic mass is 15.4. The number of nitrogens with one attached hydrogen (secondary N) is 1. The average Bonchev–Trinajstić information content (AvgIpc) is 3.02. The van der Waals surface area contributed by atoms with Gasteiger partial charge in [0, 0.05) is 18.9 Å². The van der Waals surface area contributed by atoms with E-state index in [1.807, 2.05) is 45.9 Å². The van der Waals surface area contributed by atoms with Crippen molar-refractivity contribution in [1.29, 1.82) is 0 Å². The zero-order valence-corrected chi connectivity index (χ0v) is 10.8. The van der Waals surface area contributed by atoms with E-state index in [0.29, 0.717) is 6.54 Å². The summed E-state index contributed by atoms with van der Waals surface area (Å²) in [4.78, 5) is 4.54. The standard InChI is InChI=1S/C13H16N6/c1-2-14-7-11-9-19(17-16-11)10-12-8-18-6-4-3-5-13(18)15-12/h3-6,8-9,14H,2,7,10H2,1H3. The molecule has 0 amide bonds. The van der Waals surface area contributed by atoms with Gasteiger partial charge < -0.3 is 9.72 Å². The van der Waals surface area contributed by atoms with Crippen LogP contribution >= 0.6 is 0 Å². The van der Waals surface area contributed by atoms with Gasteiger partial charge in [0.05, 0.1) is 24.1 Å². The van der Waals surface area contributed by atoms with Crippen LogP contribution in [0.15, 0.2) is 36.8 Å². The molecule has 0 bridgehead atoms. The summed E-state index contributed by atoms with van der Waals surface area (Å²) < 4.78 is 3.82. The Bertz CT molecular complexity index is 635. The minimum absolute atomic E-state index is 0.640. The van der Waals surface area contributed by atoms with Crippen molar-refractivity contribution in [2.45, 2.75) is 20.0 Å². The van der Waals surface area contributed by atoms with Gasteiger partial charge in [-0.1, -0.05) is 18.2 Å². The van der Waals surface area contributed by atoms with Crippen molar-refractivity contribution in [2.75, 3.05) is 6.54 Å². The molecule has 6 nitrogen and oxygen atoms in total. The predicted octanol–water partition coefficient (Wildman–Crippen LogP) is 1.08. The van der Waals surface area contributed by atoms with Gasteiger partial charge in [-0.05, 0) is 18.7 Å². The summed E-state index contributed by atoms with van der Waals surface area (Å²) in [7, 11) is 0. The van der Waals surface area contributed by atoms with Crippen LogP contribution in [0.3, 0.4) is 0 Å². The zero-order valence-electron chi connectivity index (χ0n) is 10.8. The molecule has 3 rings (SSSR count). The van der Waals surface area contributed by atoms with Gasteiger partial charge in [-0.25, -0.2) is 9.67 Å². The van der Waals surface area contributed by atoms with E-state index in [0.717, 1.165) is 30.1 Å². The number of fused-ring (bicyclic) bond motifs is 1. The summed E-state index contributed by atoms with van der Waals surface area (Å²) in [5.41, 5.74) is 2.88. The van der Waals surface area contributed by atoms with Crippen molar-refractivity contribution in [3.05, 3.63) is 48.2 Å². The molecule has 0 atom stereocenters. The third kappa shape index (κ3) is 2.63. The molecule has 0 aliphatic heterocycles. The summed E-state index contributed by atoms with van der Waals surface area (Å²) in [5.74, 6) is 0. The van der Waals surface area contributed by atoms with Crippen LogP contribution in [0, 0.1) is 0 Å². The van der Waals surface area contributed by atoms with Crippen molar-refractivity contribution >= 4 is 5.65 Å². The number of nitrogens with zero attached hydrogens (tertiary/aromatic N) is 5. The van der Waals surface area contributed by atoms with Gasteiger partial charge in [0.15, 0.2) is 0 Å². The number of hydrogen-bond donors (Lipinski definition) is 1. The van der Waals surface area contributed by atoms with Gasteiger partial charge in [-0.2, -0.15) is 0 Å². The summed E-state index contributed by atoms with van der Waals surface area (Å²) in [5, 5.41) is 11.5. The molecule has 0 saturated carbocycles. The van der Waals surface area contributed by atoms with Gasteiger partial charge in [-0.15, -0.1) is 5.10 Å². The summed E-state index contributed by atoms with van der Waals surface area (Å²) in [6.07, 6.45) is 5.96. The first-order valence-electron chi connectivity index (χ1n) is 6.37. The molecule has 0 aliphatic rings. The SMILES string of the molecule is CCNCc1cn(Cc2cn3ccccc3n2)nn1. The quantitative estimate of drug-likeness (QED) is 0.742. The Morgan fingerprint density at radius 2 is 2.16 bits per heavy atom. The van der Waals surface area contributed by atoms with Crippen LogP contribution in [0.4, 0.5) is 0 Å². The minimum atomic E-state index is 0.640. The average molecular weight is 256 g/mol. The third-order valence-corrected chi connectivity index (χ3v) is 2.88. The highest BCUT2D eigenvalue weighted by Crippen LogP contribution is 2.06. The largest absolute Gasteiger partial charge is 0.311 e. The summed E-state index contributed by atoms with van der Waals surface area (Å²) >= 11 is 0. The lowest BCUT2D eigenvalue weighted by Crippen LogP contribution is -2.11. The number of imidazole rings is 1. The summed E-state index contributed by atoms with van der Waals surface area (Å²) in [6.45, 7) is 4.39.